The number of halogens is 4. The number of Topliss-reactive ketones (excluding diaryl/α,β-unsaturated/α-hetero) is 2. The van der Waals surface area contributed by atoms with Crippen LogP contribution in [-0.4, -0.2) is 23.8 Å². The fourth-order valence-corrected chi connectivity index (χ4v) is 10.2. The number of benzene rings is 8. The van der Waals surface area contributed by atoms with E-state index >= 15 is 0 Å². The predicted molar refractivity (Wildman–Crippen MR) is 249 cm³/mol. The molecule has 0 unspecified atom stereocenters. The molecule has 8 aromatic carbocycles. The average molecular weight is 888 g/mol. The van der Waals surface area contributed by atoms with Gasteiger partial charge in [-0.15, -0.1) is 0 Å². The van der Waals surface area contributed by atoms with E-state index in [0.29, 0.717) is 64.8 Å². The lowest BCUT2D eigenvalue weighted by molar-refractivity contribution is 0.0751. The van der Waals surface area contributed by atoms with Crippen LogP contribution in [0.1, 0.15) is 54.8 Å². The number of fused-ring (bicyclic) bond motifs is 2. The Balaban J connectivity index is 1.17. The van der Waals surface area contributed by atoms with E-state index < -0.39 is 35.7 Å². The molecule has 0 saturated heterocycles. The normalized spacial score (nSPS) is 18.5. The van der Waals surface area contributed by atoms with Crippen LogP contribution in [0.25, 0.3) is 33.1 Å². The van der Waals surface area contributed by atoms with Gasteiger partial charge in [0.25, 0.3) is 0 Å². The first kappa shape index (κ1) is 40.6. The van der Waals surface area contributed by atoms with E-state index in [1.165, 1.54) is 36.0 Å². The van der Waals surface area contributed by atoms with Crippen LogP contribution in [-0.2, 0) is 9.47 Å². The molecule has 10 rings (SSSR count). The number of thioether (sulfide) groups is 1. The van der Waals surface area contributed by atoms with Gasteiger partial charge in [-0.05, 0) is 118 Å². The largest absolute Gasteiger partial charge is 0.480 e. The maximum atomic E-state index is 15.0. The minimum Gasteiger partial charge on any atom is -0.480 e. The lowest BCUT2D eigenvalue weighted by atomic mass is 9.88. The zero-order chi connectivity index (χ0) is 43.2. The standard InChI is InChI=1S/C54H34Cl2F2O4S/c55-41-21-13-35(14-22-41)49-53(45(33-17-25-43(57)26-18-33)51(61-49)47(59)39-11-9-31-5-1-3-7-37(31)29-39)63-54-46(34-19-27-44(58)28-20-34)52(62-50(54)36-15-23-42(56)24-16-36)48(60)40-12-10-32-6-2-4-8-38(32)30-40/h1-30,45-46,51-52H/t45-,46-,51+,52+/m1/s1. The number of carbonyl (C=O) groups excluding carboxylic acids is 2. The highest BCUT2D eigenvalue weighted by Crippen LogP contribution is 2.58. The highest BCUT2D eigenvalue weighted by molar-refractivity contribution is 8.07. The van der Waals surface area contributed by atoms with Gasteiger partial charge >= 0.3 is 0 Å². The minimum atomic E-state index is -1.09. The van der Waals surface area contributed by atoms with Gasteiger partial charge in [-0.3, -0.25) is 9.59 Å². The second-order valence-corrected chi connectivity index (χ2v) is 17.4. The molecule has 308 valence electrons. The van der Waals surface area contributed by atoms with Crippen molar-refractivity contribution in [2.24, 2.45) is 0 Å². The second-order valence-electron chi connectivity index (χ2n) is 15.5. The van der Waals surface area contributed by atoms with Crippen molar-refractivity contribution in [2.75, 3.05) is 0 Å². The first-order chi connectivity index (χ1) is 30.7. The van der Waals surface area contributed by atoms with Gasteiger partial charge in [-0.25, -0.2) is 8.78 Å². The van der Waals surface area contributed by atoms with Crippen LogP contribution in [0.5, 0.6) is 0 Å². The molecule has 0 N–H and O–H groups in total. The topological polar surface area (TPSA) is 52.6 Å². The summed E-state index contributed by atoms with van der Waals surface area (Å²) < 4.78 is 43.2. The number of hydrogen-bond donors (Lipinski definition) is 0. The third kappa shape index (κ3) is 7.93. The molecular weight excluding hydrogens is 854 g/mol. The Labute approximate surface area is 376 Å². The van der Waals surface area contributed by atoms with E-state index in [9.17, 15) is 18.4 Å². The molecule has 8 aromatic rings. The summed E-state index contributed by atoms with van der Waals surface area (Å²) in [6.45, 7) is 0. The molecule has 0 bridgehead atoms. The molecular formula is C54H34Cl2F2O4S. The van der Waals surface area contributed by atoms with E-state index in [0.717, 1.165) is 21.5 Å². The predicted octanol–water partition coefficient (Wildman–Crippen LogP) is 14.5. The van der Waals surface area contributed by atoms with Gasteiger partial charge in [-0.2, -0.15) is 0 Å². The van der Waals surface area contributed by atoms with Crippen molar-refractivity contribution in [1.29, 1.82) is 0 Å². The van der Waals surface area contributed by atoms with E-state index in [1.807, 2.05) is 97.1 Å². The Bertz CT molecular complexity index is 2920. The van der Waals surface area contributed by atoms with Crippen molar-refractivity contribution in [2.45, 2.75) is 24.0 Å². The minimum absolute atomic E-state index is 0.272. The number of ketones is 2. The summed E-state index contributed by atoms with van der Waals surface area (Å²) in [4.78, 5) is 31.2. The van der Waals surface area contributed by atoms with E-state index in [-0.39, 0.29) is 11.6 Å². The van der Waals surface area contributed by atoms with Gasteiger partial charge in [0.15, 0.2) is 12.2 Å². The average Bonchev–Trinajstić information content (AvgIpc) is 3.88. The molecule has 0 amide bonds. The summed E-state index contributed by atoms with van der Waals surface area (Å²) >= 11 is 14.2. The van der Waals surface area contributed by atoms with Crippen molar-refractivity contribution in [1.82, 2.24) is 0 Å². The zero-order valence-electron chi connectivity index (χ0n) is 33.2. The SMILES string of the molecule is O=C(c1ccc2ccccc2c1)[C@H]1OC(c2ccc(Cl)cc2)=C(SC2=C(c3ccc(Cl)cc3)O[C@H](C(=O)c3ccc4ccccc4c3)[C@H]2c2ccc(F)cc2)[C@@H]1c1ccc(F)cc1. The monoisotopic (exact) mass is 886 g/mol. The molecule has 9 heteroatoms. The molecule has 0 aliphatic carbocycles. The number of ether oxygens (including phenoxy) is 2. The Hall–Kier alpha value is -6.51. The lowest BCUT2D eigenvalue weighted by Crippen LogP contribution is -2.28. The fraction of sp³-hybridized carbons (Fsp3) is 0.0741. The lowest BCUT2D eigenvalue weighted by Gasteiger charge is -2.23. The summed E-state index contributed by atoms with van der Waals surface area (Å²) in [7, 11) is 0. The maximum absolute atomic E-state index is 15.0. The molecule has 4 nitrogen and oxygen atoms in total. The maximum Gasteiger partial charge on any atom is 0.204 e. The van der Waals surface area contributed by atoms with E-state index in [1.54, 1.807) is 60.7 Å². The van der Waals surface area contributed by atoms with Crippen molar-refractivity contribution < 1.29 is 27.8 Å². The summed E-state index contributed by atoms with van der Waals surface area (Å²) in [6, 6.07) is 53.1. The van der Waals surface area contributed by atoms with Crippen LogP contribution in [0.4, 0.5) is 8.78 Å². The molecule has 0 fully saturated rings. The van der Waals surface area contributed by atoms with Crippen molar-refractivity contribution in [3.05, 3.63) is 247 Å². The van der Waals surface area contributed by atoms with Crippen LogP contribution >= 0.6 is 35.0 Å². The number of rotatable bonds is 10. The van der Waals surface area contributed by atoms with Gasteiger partial charge in [0.1, 0.15) is 23.2 Å². The second kappa shape index (κ2) is 17.0. The zero-order valence-corrected chi connectivity index (χ0v) is 35.5. The summed E-state index contributed by atoms with van der Waals surface area (Å²) in [5.41, 5.74) is 3.47. The molecule has 0 saturated carbocycles. The summed E-state index contributed by atoms with van der Waals surface area (Å²) in [5.74, 6) is -2.11. The smallest absolute Gasteiger partial charge is 0.204 e. The van der Waals surface area contributed by atoms with Crippen LogP contribution in [0.15, 0.2) is 192 Å². The Morgan fingerprint density at radius 2 is 0.810 bits per heavy atom. The molecule has 0 aromatic heterocycles. The molecule has 2 aliphatic rings. The first-order valence-electron chi connectivity index (χ1n) is 20.3. The van der Waals surface area contributed by atoms with Crippen LogP contribution in [0, 0.1) is 11.6 Å². The van der Waals surface area contributed by atoms with Gasteiger partial charge in [0, 0.05) is 42.1 Å². The van der Waals surface area contributed by atoms with Crippen molar-refractivity contribution >= 4 is 79.6 Å². The number of hydrogen-bond acceptors (Lipinski definition) is 5. The van der Waals surface area contributed by atoms with E-state index in [2.05, 4.69) is 0 Å². The van der Waals surface area contributed by atoms with E-state index in [4.69, 9.17) is 32.7 Å². The summed E-state index contributed by atoms with van der Waals surface area (Å²) in [6.07, 6.45) is -2.18. The molecule has 4 atom stereocenters. The fourth-order valence-electron chi connectivity index (χ4n) is 8.44. The van der Waals surface area contributed by atoms with Crippen LogP contribution in [0.2, 0.25) is 10.0 Å². The molecule has 63 heavy (non-hydrogen) atoms. The molecule has 0 spiro atoms. The quantitative estimate of drug-likeness (QED) is 0.128. The van der Waals surface area contributed by atoms with Crippen molar-refractivity contribution in [3.63, 3.8) is 0 Å². The first-order valence-corrected chi connectivity index (χ1v) is 21.8. The van der Waals surface area contributed by atoms with Crippen LogP contribution in [0.3, 0.4) is 0 Å². The van der Waals surface area contributed by atoms with Gasteiger partial charge < -0.3 is 9.47 Å². The van der Waals surface area contributed by atoms with Crippen molar-refractivity contribution in [3.8, 4) is 0 Å². The van der Waals surface area contributed by atoms with Gasteiger partial charge in [0.05, 0.1) is 11.8 Å². The Morgan fingerprint density at radius 1 is 0.444 bits per heavy atom. The molecule has 0 radical (unpaired) electrons. The van der Waals surface area contributed by atoms with Gasteiger partial charge in [-0.1, -0.05) is 132 Å². The van der Waals surface area contributed by atoms with Gasteiger partial charge in [0.2, 0.25) is 11.6 Å². The molecule has 2 heterocycles. The third-order valence-corrected chi connectivity index (χ3v) is 13.4. The summed E-state index contributed by atoms with van der Waals surface area (Å²) in [5, 5.41) is 4.77. The number of carbonyl (C=O) groups is 2. The third-order valence-electron chi connectivity index (χ3n) is 11.6. The van der Waals surface area contributed by atoms with Crippen LogP contribution < -0.4 is 0 Å². The Morgan fingerprint density at radius 3 is 1.19 bits per heavy atom. The highest BCUT2D eigenvalue weighted by atomic mass is 35.5. The Kier molecular flexibility index (Phi) is 10.9. The molecule has 2 aliphatic heterocycles. The highest BCUT2D eigenvalue weighted by Gasteiger charge is 2.48.